The van der Waals surface area contributed by atoms with Crippen molar-refractivity contribution < 1.29 is 9.32 Å². The Morgan fingerprint density at radius 1 is 1.22 bits per heavy atom. The molecule has 2 aromatic heterocycles. The predicted molar refractivity (Wildman–Crippen MR) is 85.1 cm³/mol. The van der Waals surface area contributed by atoms with E-state index in [2.05, 4.69) is 20.0 Å². The van der Waals surface area contributed by atoms with Gasteiger partial charge in [-0.15, -0.1) is 0 Å². The zero-order chi connectivity index (χ0) is 15.6. The second-order valence-corrected chi connectivity index (χ2v) is 5.56. The lowest BCUT2D eigenvalue weighted by atomic mass is 10.1. The van der Waals surface area contributed by atoms with Gasteiger partial charge in [0.25, 0.3) is 5.91 Å². The molecule has 116 valence electrons. The van der Waals surface area contributed by atoms with E-state index in [-0.39, 0.29) is 11.6 Å². The van der Waals surface area contributed by atoms with Gasteiger partial charge in [0.1, 0.15) is 11.6 Å². The number of carbonyl (C=O) groups is 1. The summed E-state index contributed by atoms with van der Waals surface area (Å²) in [5, 5.41) is 6.74. The Balaban J connectivity index is 1.54. The smallest absolute Gasteiger partial charge is 0.279 e. The first kappa shape index (κ1) is 13.8. The molecule has 1 aromatic carbocycles. The van der Waals surface area contributed by atoms with Crippen LogP contribution >= 0.6 is 0 Å². The highest BCUT2D eigenvalue weighted by Crippen LogP contribution is 2.22. The van der Waals surface area contributed by atoms with Gasteiger partial charge in [0, 0.05) is 24.6 Å². The highest BCUT2D eigenvalue weighted by atomic mass is 16.5. The van der Waals surface area contributed by atoms with Crippen LogP contribution in [0.5, 0.6) is 0 Å². The van der Waals surface area contributed by atoms with Crippen molar-refractivity contribution in [3.8, 4) is 11.3 Å². The van der Waals surface area contributed by atoms with E-state index in [1.165, 1.54) is 0 Å². The van der Waals surface area contributed by atoms with E-state index in [1.54, 1.807) is 12.3 Å². The van der Waals surface area contributed by atoms with E-state index < -0.39 is 0 Å². The highest BCUT2D eigenvalue weighted by molar-refractivity contribution is 6.02. The zero-order valence-corrected chi connectivity index (χ0v) is 12.5. The third-order valence-electron chi connectivity index (χ3n) is 4.01. The molecule has 1 N–H and O–H groups in total. The predicted octanol–water partition coefficient (Wildman–Crippen LogP) is 3.13. The van der Waals surface area contributed by atoms with Crippen molar-refractivity contribution in [3.63, 3.8) is 0 Å². The van der Waals surface area contributed by atoms with E-state index in [0.29, 0.717) is 11.6 Å². The molecule has 6 nitrogen and oxygen atoms in total. The lowest BCUT2D eigenvalue weighted by Crippen LogP contribution is -2.18. The van der Waals surface area contributed by atoms with Gasteiger partial charge < -0.3 is 14.4 Å². The summed E-state index contributed by atoms with van der Waals surface area (Å²) in [4.78, 5) is 16.7. The molecule has 1 aliphatic heterocycles. The second-order valence-electron chi connectivity index (χ2n) is 5.56. The fourth-order valence-corrected chi connectivity index (χ4v) is 2.82. The molecule has 0 spiro atoms. The monoisotopic (exact) mass is 308 g/mol. The van der Waals surface area contributed by atoms with Crippen molar-refractivity contribution in [2.45, 2.75) is 25.8 Å². The van der Waals surface area contributed by atoms with Gasteiger partial charge in [-0.05, 0) is 12.8 Å². The van der Waals surface area contributed by atoms with Crippen LogP contribution in [0.25, 0.3) is 11.3 Å². The highest BCUT2D eigenvalue weighted by Gasteiger charge is 2.18. The normalized spacial score (nSPS) is 13.6. The largest absolute Gasteiger partial charge is 0.355 e. The summed E-state index contributed by atoms with van der Waals surface area (Å²) in [5.74, 6) is 2.03. The van der Waals surface area contributed by atoms with Gasteiger partial charge in [0.2, 0.25) is 0 Å². The van der Waals surface area contributed by atoms with Crippen LogP contribution in [0.1, 0.15) is 29.2 Å². The number of imidazole rings is 1. The minimum atomic E-state index is -0.288. The number of aryl methyl sites for hydroxylation is 1. The Kier molecular flexibility index (Phi) is 3.42. The molecule has 3 heterocycles. The Bertz CT molecular complexity index is 835. The van der Waals surface area contributed by atoms with Crippen LogP contribution < -0.4 is 5.32 Å². The summed E-state index contributed by atoms with van der Waals surface area (Å²) in [6.07, 6.45) is 4.91. The first-order chi connectivity index (χ1) is 11.3. The maximum atomic E-state index is 12.4. The van der Waals surface area contributed by atoms with Crippen LogP contribution in [0.2, 0.25) is 0 Å². The lowest BCUT2D eigenvalue weighted by Gasteiger charge is -2.16. The molecule has 1 amide bonds. The van der Waals surface area contributed by atoms with Crippen LogP contribution in [0, 0.1) is 0 Å². The van der Waals surface area contributed by atoms with Crippen LogP contribution in [0.3, 0.4) is 0 Å². The minimum Gasteiger partial charge on any atom is -0.355 e. The van der Waals surface area contributed by atoms with Gasteiger partial charge in [-0.1, -0.05) is 35.5 Å². The van der Waals surface area contributed by atoms with Crippen LogP contribution in [-0.4, -0.2) is 20.6 Å². The molecule has 0 radical (unpaired) electrons. The van der Waals surface area contributed by atoms with E-state index in [4.69, 9.17) is 4.52 Å². The first-order valence-electron chi connectivity index (χ1n) is 7.69. The van der Waals surface area contributed by atoms with Gasteiger partial charge >= 0.3 is 0 Å². The van der Waals surface area contributed by atoms with E-state index >= 15 is 0 Å². The Morgan fingerprint density at radius 3 is 2.96 bits per heavy atom. The summed E-state index contributed by atoms with van der Waals surface area (Å²) >= 11 is 0. The van der Waals surface area contributed by atoms with E-state index in [9.17, 15) is 4.79 Å². The Labute approximate surface area is 133 Å². The molecule has 0 bridgehead atoms. The zero-order valence-electron chi connectivity index (χ0n) is 12.5. The minimum absolute atomic E-state index is 0.259. The van der Waals surface area contributed by atoms with Crippen molar-refractivity contribution in [1.29, 1.82) is 0 Å². The number of anilines is 1. The van der Waals surface area contributed by atoms with Gasteiger partial charge in [-0.25, -0.2) is 4.98 Å². The molecule has 23 heavy (non-hydrogen) atoms. The summed E-state index contributed by atoms with van der Waals surface area (Å²) in [5.41, 5.74) is 1.15. The maximum absolute atomic E-state index is 12.4. The maximum Gasteiger partial charge on any atom is 0.279 e. The summed E-state index contributed by atoms with van der Waals surface area (Å²) < 4.78 is 7.33. The average Bonchev–Trinajstić information content (AvgIpc) is 3.24. The van der Waals surface area contributed by atoms with Gasteiger partial charge in [0.15, 0.2) is 11.5 Å². The SMILES string of the molecule is O=C(Nc1cnc2n1CCCC2)c1cc(-c2ccccc2)on1. The van der Waals surface area contributed by atoms with Crippen LogP contribution in [-0.2, 0) is 13.0 Å². The first-order valence-corrected chi connectivity index (χ1v) is 7.69. The van der Waals surface area contributed by atoms with E-state index in [1.807, 2.05) is 30.3 Å². The van der Waals surface area contributed by atoms with Crippen molar-refractivity contribution in [2.24, 2.45) is 0 Å². The quantitative estimate of drug-likeness (QED) is 0.807. The molecular weight excluding hydrogens is 292 g/mol. The lowest BCUT2D eigenvalue weighted by molar-refractivity contribution is 0.101. The number of nitrogens with one attached hydrogen (secondary N) is 1. The number of hydrogen-bond donors (Lipinski definition) is 1. The molecule has 0 fully saturated rings. The fourth-order valence-electron chi connectivity index (χ4n) is 2.82. The number of fused-ring (bicyclic) bond motifs is 1. The standard InChI is InChI=1S/C17H16N4O2/c22-17(19-16-11-18-15-8-4-5-9-21(15)16)13-10-14(23-20-13)12-6-2-1-3-7-12/h1-3,6-7,10-11H,4-5,8-9H2,(H,19,22). The molecule has 4 rings (SSSR count). The van der Waals surface area contributed by atoms with Crippen molar-refractivity contribution in [3.05, 3.63) is 54.1 Å². The fraction of sp³-hybridized carbons (Fsp3) is 0.235. The summed E-state index contributed by atoms with van der Waals surface area (Å²) in [6, 6.07) is 11.2. The molecule has 0 atom stereocenters. The van der Waals surface area contributed by atoms with Crippen molar-refractivity contribution in [2.75, 3.05) is 5.32 Å². The molecule has 0 saturated heterocycles. The number of hydrogen-bond acceptors (Lipinski definition) is 4. The number of rotatable bonds is 3. The molecular formula is C17H16N4O2. The number of carbonyl (C=O) groups excluding carboxylic acids is 1. The molecule has 0 saturated carbocycles. The molecule has 6 heteroatoms. The molecule has 1 aliphatic rings. The van der Waals surface area contributed by atoms with Crippen LogP contribution in [0.15, 0.2) is 47.1 Å². The van der Waals surface area contributed by atoms with Gasteiger partial charge in [-0.3, -0.25) is 4.79 Å². The number of nitrogens with zero attached hydrogens (tertiary/aromatic N) is 3. The third kappa shape index (κ3) is 2.63. The van der Waals surface area contributed by atoms with Crippen molar-refractivity contribution in [1.82, 2.24) is 14.7 Å². The number of amides is 1. The van der Waals surface area contributed by atoms with Crippen LogP contribution in [0.4, 0.5) is 5.82 Å². The number of benzene rings is 1. The Morgan fingerprint density at radius 2 is 2.09 bits per heavy atom. The number of aromatic nitrogens is 3. The van der Waals surface area contributed by atoms with Gasteiger partial charge in [-0.2, -0.15) is 0 Å². The third-order valence-corrected chi connectivity index (χ3v) is 4.01. The second kappa shape index (κ2) is 5.72. The molecule has 0 unspecified atom stereocenters. The molecule has 3 aromatic rings. The topological polar surface area (TPSA) is 73.0 Å². The van der Waals surface area contributed by atoms with Crippen molar-refractivity contribution >= 4 is 11.7 Å². The average molecular weight is 308 g/mol. The molecule has 0 aliphatic carbocycles. The Hall–Kier alpha value is -2.89. The van der Waals surface area contributed by atoms with E-state index in [0.717, 1.165) is 37.2 Å². The van der Waals surface area contributed by atoms with Gasteiger partial charge in [0.05, 0.1) is 6.20 Å². The summed E-state index contributed by atoms with van der Waals surface area (Å²) in [6.45, 7) is 0.888. The summed E-state index contributed by atoms with van der Waals surface area (Å²) in [7, 11) is 0.